The van der Waals surface area contributed by atoms with Crippen molar-refractivity contribution in [1.29, 1.82) is 0 Å². The van der Waals surface area contributed by atoms with Crippen LogP contribution in [0.15, 0.2) is 18.3 Å². The Labute approximate surface area is 113 Å². The molecular weight excluding hydrogens is 240 g/mol. The zero-order valence-corrected chi connectivity index (χ0v) is 11.8. The number of aromatic amines is 1. The zero-order chi connectivity index (χ0) is 13.8. The van der Waals surface area contributed by atoms with Crippen LogP contribution in [0.25, 0.3) is 10.9 Å². The van der Waals surface area contributed by atoms with Crippen molar-refractivity contribution in [2.24, 2.45) is 5.92 Å². The lowest BCUT2D eigenvalue weighted by molar-refractivity contribution is 0.204. The topological polar surface area (TPSA) is 67.2 Å². The first kappa shape index (κ1) is 13.7. The number of nitrogens with zero attached hydrogens (tertiary/aromatic N) is 2. The molecule has 1 aromatic heterocycles. The summed E-state index contributed by atoms with van der Waals surface area (Å²) in [7, 11) is 1.72. The molecule has 0 radical (unpaired) electrons. The molecule has 1 aromatic carbocycles. The summed E-state index contributed by atoms with van der Waals surface area (Å²) >= 11 is 0. The minimum absolute atomic E-state index is 0.564. The van der Waals surface area contributed by atoms with Gasteiger partial charge in [-0.05, 0) is 18.1 Å². The maximum atomic E-state index is 6.17. The lowest BCUT2D eigenvalue weighted by Gasteiger charge is -2.27. The Bertz CT molecular complexity index is 535. The van der Waals surface area contributed by atoms with Crippen molar-refractivity contribution in [3.8, 4) is 0 Å². The van der Waals surface area contributed by atoms with E-state index in [2.05, 4.69) is 35.0 Å². The molecule has 104 valence electrons. The van der Waals surface area contributed by atoms with Crippen molar-refractivity contribution < 1.29 is 4.74 Å². The predicted molar refractivity (Wildman–Crippen MR) is 79.4 cm³/mol. The molecule has 0 atom stereocenters. The second-order valence-electron chi connectivity index (χ2n) is 5.20. The van der Waals surface area contributed by atoms with Gasteiger partial charge in [-0.15, -0.1) is 0 Å². The molecule has 0 amide bonds. The summed E-state index contributed by atoms with van der Waals surface area (Å²) in [5.74, 6) is 0.564. The van der Waals surface area contributed by atoms with E-state index in [1.807, 2.05) is 6.07 Å². The molecule has 0 unspecified atom stereocenters. The van der Waals surface area contributed by atoms with Crippen LogP contribution >= 0.6 is 0 Å². The van der Waals surface area contributed by atoms with Gasteiger partial charge in [0.05, 0.1) is 29.7 Å². The third kappa shape index (κ3) is 3.17. The standard InChI is InChI=1S/C14H22N4O/c1-10(2)9-18(4-5-19-3)14-7-13-11(6-12(14)15)8-16-17-13/h6-8,10H,4-5,9,15H2,1-3H3,(H,16,17). The third-order valence-corrected chi connectivity index (χ3v) is 3.08. The number of nitrogens with two attached hydrogens (primary N) is 1. The molecule has 0 aliphatic carbocycles. The van der Waals surface area contributed by atoms with Crippen molar-refractivity contribution in [2.75, 3.05) is 37.4 Å². The number of methoxy groups -OCH3 is 1. The molecule has 0 saturated carbocycles. The summed E-state index contributed by atoms with van der Waals surface area (Å²) in [5, 5.41) is 8.07. The molecule has 0 saturated heterocycles. The number of aromatic nitrogens is 2. The van der Waals surface area contributed by atoms with Crippen LogP contribution in [0.5, 0.6) is 0 Å². The lowest BCUT2D eigenvalue weighted by Crippen LogP contribution is -2.31. The summed E-state index contributed by atoms with van der Waals surface area (Å²) in [6, 6.07) is 4.03. The minimum Gasteiger partial charge on any atom is -0.397 e. The fourth-order valence-electron chi connectivity index (χ4n) is 2.22. The molecule has 0 aliphatic rings. The van der Waals surface area contributed by atoms with E-state index >= 15 is 0 Å². The van der Waals surface area contributed by atoms with E-state index in [4.69, 9.17) is 10.5 Å². The normalized spacial score (nSPS) is 11.4. The molecular formula is C14H22N4O. The number of anilines is 2. The highest BCUT2D eigenvalue weighted by atomic mass is 16.5. The second kappa shape index (κ2) is 5.93. The monoisotopic (exact) mass is 262 g/mol. The molecule has 0 spiro atoms. The molecule has 19 heavy (non-hydrogen) atoms. The Morgan fingerprint density at radius 2 is 2.21 bits per heavy atom. The zero-order valence-electron chi connectivity index (χ0n) is 11.8. The van der Waals surface area contributed by atoms with Gasteiger partial charge in [-0.3, -0.25) is 5.10 Å². The van der Waals surface area contributed by atoms with Crippen LogP contribution in [-0.4, -0.2) is 37.0 Å². The third-order valence-electron chi connectivity index (χ3n) is 3.08. The van der Waals surface area contributed by atoms with E-state index in [-0.39, 0.29) is 0 Å². The highest BCUT2D eigenvalue weighted by molar-refractivity contribution is 5.88. The Balaban J connectivity index is 2.32. The number of rotatable bonds is 6. The van der Waals surface area contributed by atoms with Crippen molar-refractivity contribution in [3.05, 3.63) is 18.3 Å². The minimum atomic E-state index is 0.564. The number of hydrogen-bond donors (Lipinski definition) is 2. The van der Waals surface area contributed by atoms with Gasteiger partial charge in [-0.1, -0.05) is 13.8 Å². The quantitative estimate of drug-likeness (QED) is 0.784. The first-order valence-corrected chi connectivity index (χ1v) is 6.58. The molecule has 5 nitrogen and oxygen atoms in total. The summed E-state index contributed by atoms with van der Waals surface area (Å²) < 4.78 is 5.19. The maximum absolute atomic E-state index is 6.17. The molecule has 2 aromatic rings. The second-order valence-corrected chi connectivity index (χ2v) is 5.20. The largest absolute Gasteiger partial charge is 0.397 e. The lowest BCUT2D eigenvalue weighted by atomic mass is 10.1. The van der Waals surface area contributed by atoms with Crippen LogP contribution in [0.1, 0.15) is 13.8 Å². The van der Waals surface area contributed by atoms with E-state index in [0.29, 0.717) is 12.5 Å². The van der Waals surface area contributed by atoms with Gasteiger partial charge in [0.25, 0.3) is 0 Å². The Kier molecular flexibility index (Phi) is 4.27. The number of benzene rings is 1. The number of nitrogens with one attached hydrogen (secondary N) is 1. The molecule has 0 aliphatic heterocycles. The average molecular weight is 262 g/mol. The summed E-state index contributed by atoms with van der Waals surface area (Å²) in [6.45, 7) is 6.87. The highest BCUT2D eigenvalue weighted by Gasteiger charge is 2.13. The fourth-order valence-corrected chi connectivity index (χ4v) is 2.22. The Morgan fingerprint density at radius 3 is 2.89 bits per heavy atom. The van der Waals surface area contributed by atoms with Gasteiger partial charge in [0.1, 0.15) is 0 Å². The SMILES string of the molecule is COCCN(CC(C)C)c1cc2[nH]ncc2cc1N. The highest BCUT2D eigenvalue weighted by Crippen LogP contribution is 2.28. The number of ether oxygens (including phenoxy) is 1. The van der Waals surface area contributed by atoms with E-state index < -0.39 is 0 Å². The van der Waals surface area contributed by atoms with Crippen LogP contribution in [0.4, 0.5) is 11.4 Å². The van der Waals surface area contributed by atoms with Crippen LogP contribution in [-0.2, 0) is 4.74 Å². The average Bonchev–Trinajstić information content (AvgIpc) is 2.80. The van der Waals surface area contributed by atoms with Crippen LogP contribution in [0.3, 0.4) is 0 Å². The number of fused-ring (bicyclic) bond motifs is 1. The molecule has 0 fully saturated rings. The van der Waals surface area contributed by atoms with Gasteiger partial charge < -0.3 is 15.4 Å². The summed E-state index contributed by atoms with van der Waals surface area (Å²) in [6.07, 6.45) is 1.79. The van der Waals surface area contributed by atoms with Gasteiger partial charge in [0, 0.05) is 25.6 Å². The van der Waals surface area contributed by atoms with E-state index in [9.17, 15) is 0 Å². The van der Waals surface area contributed by atoms with E-state index in [1.54, 1.807) is 13.3 Å². The Hall–Kier alpha value is -1.75. The maximum Gasteiger partial charge on any atom is 0.0672 e. The van der Waals surface area contributed by atoms with Crippen molar-refractivity contribution in [3.63, 3.8) is 0 Å². The Morgan fingerprint density at radius 1 is 1.42 bits per heavy atom. The summed E-state index contributed by atoms with van der Waals surface area (Å²) in [4.78, 5) is 2.27. The van der Waals surface area contributed by atoms with Gasteiger partial charge in [-0.25, -0.2) is 0 Å². The van der Waals surface area contributed by atoms with E-state index in [1.165, 1.54) is 0 Å². The summed E-state index contributed by atoms with van der Waals surface area (Å²) in [5.41, 5.74) is 9.01. The van der Waals surface area contributed by atoms with Gasteiger partial charge in [0.2, 0.25) is 0 Å². The van der Waals surface area contributed by atoms with Crippen molar-refractivity contribution in [1.82, 2.24) is 10.2 Å². The first-order valence-electron chi connectivity index (χ1n) is 6.58. The molecule has 5 heteroatoms. The van der Waals surface area contributed by atoms with E-state index in [0.717, 1.165) is 35.4 Å². The van der Waals surface area contributed by atoms with Gasteiger partial charge in [-0.2, -0.15) is 5.10 Å². The van der Waals surface area contributed by atoms with Crippen molar-refractivity contribution in [2.45, 2.75) is 13.8 Å². The smallest absolute Gasteiger partial charge is 0.0672 e. The predicted octanol–water partition coefficient (Wildman–Crippen LogP) is 2.25. The van der Waals surface area contributed by atoms with Crippen molar-refractivity contribution >= 4 is 22.3 Å². The fraction of sp³-hybridized carbons (Fsp3) is 0.500. The molecule has 1 heterocycles. The molecule has 3 N–H and O–H groups in total. The van der Waals surface area contributed by atoms with Gasteiger partial charge in [0.15, 0.2) is 0 Å². The first-order chi connectivity index (χ1) is 9.11. The number of H-pyrrole nitrogens is 1. The van der Waals surface area contributed by atoms with Crippen LogP contribution in [0.2, 0.25) is 0 Å². The van der Waals surface area contributed by atoms with Crippen LogP contribution in [0, 0.1) is 5.92 Å². The number of nitrogen functional groups attached to an aromatic ring is 1. The number of hydrogen-bond acceptors (Lipinski definition) is 4. The van der Waals surface area contributed by atoms with Crippen LogP contribution < -0.4 is 10.6 Å². The molecule has 2 rings (SSSR count). The molecule has 0 bridgehead atoms. The van der Waals surface area contributed by atoms with Gasteiger partial charge >= 0.3 is 0 Å².